The lowest BCUT2D eigenvalue weighted by Crippen LogP contribution is -1.93. The molecule has 0 aliphatic carbocycles. The first-order valence-corrected chi connectivity index (χ1v) is 4.78. The fourth-order valence-electron chi connectivity index (χ4n) is 1.54. The van der Waals surface area contributed by atoms with Gasteiger partial charge >= 0.3 is 0 Å². The van der Waals surface area contributed by atoms with Gasteiger partial charge in [0.1, 0.15) is 0 Å². The number of benzene rings is 2. The molecule has 0 spiro atoms. The maximum atomic E-state index is 10.6. The third-order valence-electron chi connectivity index (χ3n) is 2.33. The number of non-ortho nitro benzene ring substituents is 1. The summed E-state index contributed by atoms with van der Waals surface area (Å²) in [6.45, 7) is 0. The summed E-state index contributed by atoms with van der Waals surface area (Å²) in [5, 5.41) is 10.6. The van der Waals surface area contributed by atoms with Gasteiger partial charge in [0.2, 0.25) is 0 Å². The van der Waals surface area contributed by atoms with Crippen LogP contribution in [0.1, 0.15) is 0 Å². The van der Waals surface area contributed by atoms with Crippen LogP contribution in [0.2, 0.25) is 0 Å². The lowest BCUT2D eigenvalue weighted by molar-refractivity contribution is -0.384. The van der Waals surface area contributed by atoms with Crippen LogP contribution >= 0.6 is 0 Å². The van der Waals surface area contributed by atoms with E-state index in [0.717, 1.165) is 11.1 Å². The van der Waals surface area contributed by atoms with Crippen molar-refractivity contribution in [1.82, 2.24) is 0 Å². The van der Waals surface area contributed by atoms with Crippen LogP contribution in [0.15, 0.2) is 48.5 Å². The number of anilines is 1. The molecule has 16 heavy (non-hydrogen) atoms. The second-order valence-corrected chi connectivity index (χ2v) is 3.39. The highest BCUT2D eigenvalue weighted by molar-refractivity contribution is 5.77. The van der Waals surface area contributed by atoms with E-state index in [1.165, 1.54) is 12.1 Å². The molecular formula is C12H10N2O2. The quantitative estimate of drug-likeness (QED) is 0.474. The molecule has 80 valence electrons. The first kappa shape index (κ1) is 10.2. The third-order valence-corrected chi connectivity index (χ3v) is 2.33. The molecule has 0 atom stereocenters. The van der Waals surface area contributed by atoms with E-state index in [2.05, 4.69) is 0 Å². The van der Waals surface area contributed by atoms with Gasteiger partial charge in [-0.05, 0) is 11.6 Å². The predicted octanol–water partition coefficient (Wildman–Crippen LogP) is 2.84. The minimum absolute atomic E-state index is 0.0113. The zero-order chi connectivity index (χ0) is 11.5. The van der Waals surface area contributed by atoms with Gasteiger partial charge < -0.3 is 5.73 Å². The summed E-state index contributed by atoms with van der Waals surface area (Å²) < 4.78 is 0. The SMILES string of the molecule is Nc1cc([N+](=O)[O-])ccc1-c1ccccc1. The standard InChI is InChI=1S/C12H10N2O2/c13-12-8-10(14(15)16)6-7-11(12)9-4-2-1-3-5-9/h1-8H,13H2. The molecule has 0 aliphatic rings. The molecule has 0 aliphatic heterocycles. The molecule has 0 unspecified atom stereocenters. The third kappa shape index (κ3) is 1.86. The summed E-state index contributed by atoms with van der Waals surface area (Å²) in [5.74, 6) is 0. The first-order chi connectivity index (χ1) is 7.68. The van der Waals surface area contributed by atoms with Crippen LogP contribution in [-0.2, 0) is 0 Å². The van der Waals surface area contributed by atoms with Crippen LogP contribution in [0.3, 0.4) is 0 Å². The average molecular weight is 214 g/mol. The van der Waals surface area contributed by atoms with Gasteiger partial charge in [-0.1, -0.05) is 30.3 Å². The molecule has 2 rings (SSSR count). The topological polar surface area (TPSA) is 69.2 Å². The van der Waals surface area contributed by atoms with E-state index in [1.54, 1.807) is 6.07 Å². The van der Waals surface area contributed by atoms with Crippen LogP contribution < -0.4 is 5.73 Å². The summed E-state index contributed by atoms with van der Waals surface area (Å²) in [6, 6.07) is 14.0. The molecule has 4 heteroatoms. The highest BCUT2D eigenvalue weighted by atomic mass is 16.6. The number of nitrogen functional groups attached to an aromatic ring is 1. The lowest BCUT2D eigenvalue weighted by Gasteiger charge is -2.04. The van der Waals surface area contributed by atoms with E-state index in [1.807, 2.05) is 30.3 Å². The monoisotopic (exact) mass is 214 g/mol. The molecule has 2 aromatic rings. The average Bonchev–Trinajstić information content (AvgIpc) is 2.30. The number of nitro benzene ring substituents is 1. The van der Waals surface area contributed by atoms with E-state index in [-0.39, 0.29) is 5.69 Å². The van der Waals surface area contributed by atoms with E-state index in [4.69, 9.17) is 5.73 Å². The van der Waals surface area contributed by atoms with Crippen LogP contribution in [0, 0.1) is 10.1 Å². The van der Waals surface area contributed by atoms with Crippen molar-refractivity contribution in [2.75, 3.05) is 5.73 Å². The maximum absolute atomic E-state index is 10.6. The Hall–Kier alpha value is -2.36. The van der Waals surface area contributed by atoms with Gasteiger partial charge in [-0.3, -0.25) is 10.1 Å². The van der Waals surface area contributed by atoms with E-state index < -0.39 is 4.92 Å². The van der Waals surface area contributed by atoms with Gasteiger partial charge in [0.25, 0.3) is 5.69 Å². The van der Waals surface area contributed by atoms with Gasteiger partial charge in [0.05, 0.1) is 4.92 Å². The van der Waals surface area contributed by atoms with Crippen molar-refractivity contribution < 1.29 is 4.92 Å². The largest absolute Gasteiger partial charge is 0.398 e. The zero-order valence-electron chi connectivity index (χ0n) is 8.46. The Morgan fingerprint density at radius 3 is 2.31 bits per heavy atom. The molecule has 4 nitrogen and oxygen atoms in total. The summed E-state index contributed by atoms with van der Waals surface area (Å²) in [4.78, 5) is 10.1. The molecule has 0 fully saturated rings. The number of hydrogen-bond donors (Lipinski definition) is 1. The molecule has 0 saturated heterocycles. The van der Waals surface area contributed by atoms with Gasteiger partial charge in [-0.2, -0.15) is 0 Å². The second-order valence-electron chi connectivity index (χ2n) is 3.39. The Bertz CT molecular complexity index is 524. The Balaban J connectivity index is 2.48. The molecule has 2 aromatic carbocycles. The molecule has 0 heterocycles. The smallest absolute Gasteiger partial charge is 0.271 e. The number of nitrogens with zero attached hydrogens (tertiary/aromatic N) is 1. The van der Waals surface area contributed by atoms with Crippen molar-refractivity contribution in [2.45, 2.75) is 0 Å². The van der Waals surface area contributed by atoms with Gasteiger partial charge in [-0.15, -0.1) is 0 Å². The molecule has 0 aromatic heterocycles. The van der Waals surface area contributed by atoms with Crippen LogP contribution in [0.4, 0.5) is 11.4 Å². The number of nitro groups is 1. The summed E-state index contributed by atoms with van der Waals surface area (Å²) in [6.07, 6.45) is 0. The van der Waals surface area contributed by atoms with Crippen molar-refractivity contribution in [3.8, 4) is 11.1 Å². The van der Waals surface area contributed by atoms with Gasteiger partial charge in [0.15, 0.2) is 0 Å². The number of nitrogens with two attached hydrogens (primary N) is 1. The summed E-state index contributed by atoms with van der Waals surface area (Å²) in [7, 11) is 0. The predicted molar refractivity (Wildman–Crippen MR) is 62.9 cm³/mol. The van der Waals surface area contributed by atoms with Gasteiger partial charge in [0, 0.05) is 23.4 Å². The number of hydrogen-bond acceptors (Lipinski definition) is 3. The summed E-state index contributed by atoms with van der Waals surface area (Å²) >= 11 is 0. The minimum atomic E-state index is -0.453. The van der Waals surface area contributed by atoms with E-state index in [9.17, 15) is 10.1 Å². The van der Waals surface area contributed by atoms with Crippen LogP contribution in [0.25, 0.3) is 11.1 Å². The van der Waals surface area contributed by atoms with Crippen molar-refractivity contribution in [3.63, 3.8) is 0 Å². The molecular weight excluding hydrogens is 204 g/mol. The van der Waals surface area contributed by atoms with Crippen molar-refractivity contribution >= 4 is 11.4 Å². The van der Waals surface area contributed by atoms with E-state index in [0.29, 0.717) is 5.69 Å². The molecule has 0 amide bonds. The second kappa shape index (κ2) is 4.02. The Morgan fingerprint density at radius 1 is 1.06 bits per heavy atom. The zero-order valence-corrected chi connectivity index (χ0v) is 8.46. The molecule has 0 bridgehead atoms. The Labute approximate surface area is 92.5 Å². The van der Waals surface area contributed by atoms with Crippen molar-refractivity contribution in [2.24, 2.45) is 0 Å². The van der Waals surface area contributed by atoms with Crippen molar-refractivity contribution in [1.29, 1.82) is 0 Å². The Morgan fingerprint density at radius 2 is 1.75 bits per heavy atom. The normalized spacial score (nSPS) is 10.0. The van der Waals surface area contributed by atoms with Crippen LogP contribution in [-0.4, -0.2) is 4.92 Å². The lowest BCUT2D eigenvalue weighted by atomic mass is 10.0. The number of rotatable bonds is 2. The molecule has 0 saturated carbocycles. The maximum Gasteiger partial charge on any atom is 0.271 e. The van der Waals surface area contributed by atoms with E-state index >= 15 is 0 Å². The Kier molecular flexibility index (Phi) is 2.55. The van der Waals surface area contributed by atoms with Gasteiger partial charge in [-0.25, -0.2) is 0 Å². The molecule has 2 N–H and O–H groups in total. The highest BCUT2D eigenvalue weighted by Crippen LogP contribution is 2.28. The fraction of sp³-hybridized carbons (Fsp3) is 0. The first-order valence-electron chi connectivity index (χ1n) is 4.78. The molecule has 0 radical (unpaired) electrons. The minimum Gasteiger partial charge on any atom is -0.398 e. The summed E-state index contributed by atoms with van der Waals surface area (Å²) in [5.41, 5.74) is 7.98. The van der Waals surface area contributed by atoms with Crippen LogP contribution in [0.5, 0.6) is 0 Å². The fourth-order valence-corrected chi connectivity index (χ4v) is 1.54. The van der Waals surface area contributed by atoms with Crippen molar-refractivity contribution in [3.05, 3.63) is 58.6 Å². The highest BCUT2D eigenvalue weighted by Gasteiger charge is 2.09.